The van der Waals surface area contributed by atoms with Crippen molar-refractivity contribution in [1.29, 1.82) is 0 Å². The van der Waals surface area contributed by atoms with Gasteiger partial charge in [0.15, 0.2) is 0 Å². The fourth-order valence-electron chi connectivity index (χ4n) is 3.59. The molecule has 2 aliphatic rings. The van der Waals surface area contributed by atoms with Crippen LogP contribution in [0.3, 0.4) is 0 Å². The fourth-order valence-corrected chi connectivity index (χ4v) is 3.59. The summed E-state index contributed by atoms with van der Waals surface area (Å²) < 4.78 is 0. The molecule has 4 heteroatoms. The quantitative estimate of drug-likeness (QED) is 0.801. The molecule has 0 radical (unpaired) electrons. The first-order chi connectivity index (χ1) is 10.5. The first kappa shape index (κ1) is 15.2. The van der Waals surface area contributed by atoms with Gasteiger partial charge in [-0.05, 0) is 31.7 Å². The Labute approximate surface area is 132 Å². The number of amides is 2. The lowest BCUT2D eigenvalue weighted by molar-refractivity contribution is -0.138. The summed E-state index contributed by atoms with van der Waals surface area (Å²) in [4.78, 5) is 27.2. The fraction of sp³-hybridized carbons (Fsp3) is 0.556. The van der Waals surface area contributed by atoms with E-state index in [1.807, 2.05) is 0 Å². The van der Waals surface area contributed by atoms with Gasteiger partial charge in [0.05, 0.1) is 0 Å². The largest absolute Gasteiger partial charge is 0.298 e. The molecular formula is C18H24N2O2. The second kappa shape index (κ2) is 6.21. The van der Waals surface area contributed by atoms with E-state index in [9.17, 15) is 9.59 Å². The van der Waals surface area contributed by atoms with Crippen LogP contribution in [0.5, 0.6) is 0 Å². The van der Waals surface area contributed by atoms with E-state index in [0.29, 0.717) is 31.3 Å². The molecule has 1 aromatic rings. The maximum atomic E-state index is 11.7. The number of carbonyl (C=O) groups excluding carboxylic acids is 2. The minimum atomic E-state index is -0.00747. The van der Waals surface area contributed by atoms with Crippen LogP contribution in [0.2, 0.25) is 0 Å². The van der Waals surface area contributed by atoms with E-state index in [1.54, 1.807) is 0 Å². The van der Waals surface area contributed by atoms with Gasteiger partial charge in [0, 0.05) is 38.5 Å². The van der Waals surface area contributed by atoms with Gasteiger partial charge in [0.1, 0.15) is 0 Å². The minimum absolute atomic E-state index is 0.00747. The molecule has 0 saturated carbocycles. The third kappa shape index (κ3) is 3.07. The van der Waals surface area contributed by atoms with Gasteiger partial charge in [-0.1, -0.05) is 29.8 Å². The van der Waals surface area contributed by atoms with Crippen LogP contribution in [0.15, 0.2) is 24.3 Å². The summed E-state index contributed by atoms with van der Waals surface area (Å²) in [6.07, 6.45) is 1.92. The number of hydrogen-bond donors (Lipinski definition) is 0. The van der Waals surface area contributed by atoms with E-state index in [2.05, 4.69) is 43.0 Å². The Morgan fingerprint density at radius 3 is 2.32 bits per heavy atom. The predicted molar refractivity (Wildman–Crippen MR) is 85.5 cm³/mol. The van der Waals surface area contributed by atoms with Crippen LogP contribution in [0.1, 0.15) is 43.2 Å². The van der Waals surface area contributed by atoms with Gasteiger partial charge in [-0.25, -0.2) is 0 Å². The highest BCUT2D eigenvalue weighted by Crippen LogP contribution is 2.31. The topological polar surface area (TPSA) is 40.6 Å². The second-order valence-corrected chi connectivity index (χ2v) is 6.63. The normalized spacial score (nSPS) is 26.2. The predicted octanol–water partition coefficient (Wildman–Crippen LogP) is 2.32. The van der Waals surface area contributed by atoms with Crippen molar-refractivity contribution in [2.24, 2.45) is 0 Å². The Balaban J connectivity index is 1.58. The van der Waals surface area contributed by atoms with Crippen LogP contribution in [-0.4, -0.2) is 47.3 Å². The van der Waals surface area contributed by atoms with Crippen LogP contribution >= 0.6 is 0 Å². The van der Waals surface area contributed by atoms with Gasteiger partial charge >= 0.3 is 0 Å². The SMILES string of the molecule is Cc1ccc([C@H]2C[C@H](C)N(CCN3C(=O)CCC3=O)C2)cc1. The van der Waals surface area contributed by atoms with E-state index < -0.39 is 0 Å². The summed E-state index contributed by atoms with van der Waals surface area (Å²) in [5, 5.41) is 0. The van der Waals surface area contributed by atoms with Crippen molar-refractivity contribution in [2.75, 3.05) is 19.6 Å². The van der Waals surface area contributed by atoms with Crippen molar-refractivity contribution in [3.63, 3.8) is 0 Å². The average Bonchev–Trinajstić information content (AvgIpc) is 3.01. The van der Waals surface area contributed by atoms with Crippen molar-refractivity contribution in [3.8, 4) is 0 Å². The molecule has 22 heavy (non-hydrogen) atoms. The standard InChI is InChI=1S/C18H24N2O2/c1-13-3-5-15(6-4-13)16-11-14(2)19(12-16)9-10-20-17(21)7-8-18(20)22/h3-6,14,16H,7-12H2,1-2H3/t14-,16-/m0/s1. The summed E-state index contributed by atoms with van der Waals surface area (Å²) in [5.74, 6) is 0.541. The number of hydrogen-bond acceptors (Lipinski definition) is 3. The molecule has 2 heterocycles. The summed E-state index contributed by atoms with van der Waals surface area (Å²) in [7, 11) is 0. The maximum Gasteiger partial charge on any atom is 0.229 e. The molecule has 4 nitrogen and oxygen atoms in total. The zero-order valence-electron chi connectivity index (χ0n) is 13.4. The van der Waals surface area contributed by atoms with Crippen molar-refractivity contribution >= 4 is 11.8 Å². The van der Waals surface area contributed by atoms with Gasteiger partial charge in [0.2, 0.25) is 11.8 Å². The highest BCUT2D eigenvalue weighted by atomic mass is 16.2. The van der Waals surface area contributed by atoms with E-state index >= 15 is 0 Å². The Morgan fingerprint density at radius 1 is 1.05 bits per heavy atom. The molecule has 118 valence electrons. The van der Waals surface area contributed by atoms with Crippen LogP contribution in [0, 0.1) is 6.92 Å². The first-order valence-corrected chi connectivity index (χ1v) is 8.18. The van der Waals surface area contributed by atoms with Crippen molar-refractivity contribution in [1.82, 2.24) is 9.80 Å². The lowest BCUT2D eigenvalue weighted by atomic mass is 9.96. The van der Waals surface area contributed by atoms with Crippen LogP contribution < -0.4 is 0 Å². The maximum absolute atomic E-state index is 11.7. The van der Waals surface area contributed by atoms with Gasteiger partial charge in [-0.15, -0.1) is 0 Å². The van der Waals surface area contributed by atoms with Gasteiger partial charge in [-0.3, -0.25) is 19.4 Å². The monoisotopic (exact) mass is 300 g/mol. The van der Waals surface area contributed by atoms with Crippen molar-refractivity contribution in [3.05, 3.63) is 35.4 Å². The number of aryl methyl sites for hydroxylation is 1. The highest BCUT2D eigenvalue weighted by molar-refractivity contribution is 6.01. The van der Waals surface area contributed by atoms with E-state index in [0.717, 1.165) is 19.5 Å². The molecule has 0 unspecified atom stereocenters. The molecule has 1 aromatic carbocycles. The molecule has 2 atom stereocenters. The molecule has 0 spiro atoms. The Bertz CT molecular complexity index is 551. The summed E-state index contributed by atoms with van der Waals surface area (Å²) in [5.41, 5.74) is 2.69. The van der Waals surface area contributed by atoms with Crippen LogP contribution in [0.4, 0.5) is 0 Å². The number of nitrogens with zero attached hydrogens (tertiary/aromatic N) is 2. The first-order valence-electron chi connectivity index (χ1n) is 8.18. The molecule has 0 N–H and O–H groups in total. The number of rotatable bonds is 4. The average molecular weight is 300 g/mol. The van der Waals surface area contributed by atoms with Crippen molar-refractivity contribution in [2.45, 2.75) is 45.1 Å². The molecule has 2 aliphatic heterocycles. The third-order valence-corrected chi connectivity index (χ3v) is 5.02. The summed E-state index contributed by atoms with van der Waals surface area (Å²) in [6, 6.07) is 9.29. The van der Waals surface area contributed by atoms with E-state index in [4.69, 9.17) is 0 Å². The molecule has 2 saturated heterocycles. The zero-order chi connectivity index (χ0) is 15.7. The molecule has 0 aromatic heterocycles. The Morgan fingerprint density at radius 2 is 1.68 bits per heavy atom. The van der Waals surface area contributed by atoms with E-state index in [1.165, 1.54) is 16.0 Å². The zero-order valence-corrected chi connectivity index (χ0v) is 13.4. The summed E-state index contributed by atoms with van der Waals surface area (Å²) in [6.45, 7) is 6.70. The molecular weight excluding hydrogens is 276 g/mol. The lowest BCUT2D eigenvalue weighted by Crippen LogP contribution is -2.39. The van der Waals surface area contributed by atoms with Crippen LogP contribution in [-0.2, 0) is 9.59 Å². The number of imide groups is 1. The molecule has 2 amide bonds. The number of likely N-dealkylation sites (tertiary alicyclic amines) is 2. The van der Waals surface area contributed by atoms with Gasteiger partial charge in [-0.2, -0.15) is 0 Å². The number of carbonyl (C=O) groups is 2. The minimum Gasteiger partial charge on any atom is -0.298 e. The van der Waals surface area contributed by atoms with Gasteiger partial charge in [0.25, 0.3) is 0 Å². The smallest absolute Gasteiger partial charge is 0.229 e. The highest BCUT2D eigenvalue weighted by Gasteiger charge is 2.33. The summed E-state index contributed by atoms with van der Waals surface area (Å²) >= 11 is 0. The van der Waals surface area contributed by atoms with Crippen LogP contribution in [0.25, 0.3) is 0 Å². The molecule has 3 rings (SSSR count). The molecule has 2 fully saturated rings. The van der Waals surface area contributed by atoms with Crippen molar-refractivity contribution < 1.29 is 9.59 Å². The Hall–Kier alpha value is -1.68. The van der Waals surface area contributed by atoms with Gasteiger partial charge < -0.3 is 0 Å². The molecule has 0 bridgehead atoms. The Kier molecular flexibility index (Phi) is 4.30. The molecule has 0 aliphatic carbocycles. The number of benzene rings is 1. The second-order valence-electron chi connectivity index (χ2n) is 6.63. The van der Waals surface area contributed by atoms with E-state index in [-0.39, 0.29) is 11.8 Å². The lowest BCUT2D eigenvalue weighted by Gasteiger charge is -2.23. The third-order valence-electron chi connectivity index (χ3n) is 5.02.